The Morgan fingerprint density at radius 3 is 2.91 bits per heavy atom. The van der Waals surface area contributed by atoms with Crippen LogP contribution in [0.25, 0.3) is 0 Å². The van der Waals surface area contributed by atoms with Crippen molar-refractivity contribution in [3.05, 3.63) is 35.4 Å². The van der Waals surface area contributed by atoms with Gasteiger partial charge in [-0.25, -0.2) is 9.59 Å². The van der Waals surface area contributed by atoms with E-state index in [1.54, 1.807) is 11.8 Å². The van der Waals surface area contributed by atoms with Crippen LogP contribution in [0.4, 0.5) is 4.79 Å². The summed E-state index contributed by atoms with van der Waals surface area (Å²) in [5, 5.41) is 5.74. The number of thioether (sulfide) groups is 1. The molecule has 0 bridgehead atoms. The Morgan fingerprint density at radius 1 is 1.39 bits per heavy atom. The predicted molar refractivity (Wildman–Crippen MR) is 92.6 cm³/mol. The fourth-order valence-electron chi connectivity index (χ4n) is 2.89. The number of carbonyl (C=O) groups excluding carboxylic acids is 2. The van der Waals surface area contributed by atoms with E-state index in [2.05, 4.69) is 22.8 Å². The smallest absolute Gasteiger partial charge is 0.328 e. The lowest BCUT2D eigenvalue weighted by Crippen LogP contribution is -2.48. The van der Waals surface area contributed by atoms with Crippen molar-refractivity contribution < 1.29 is 14.3 Å². The Morgan fingerprint density at radius 2 is 2.17 bits per heavy atom. The molecular formula is C17H24N2O3S. The quantitative estimate of drug-likeness (QED) is 0.784. The summed E-state index contributed by atoms with van der Waals surface area (Å²) in [7, 11) is 1.34. The van der Waals surface area contributed by atoms with Crippen molar-refractivity contribution in [3.63, 3.8) is 0 Å². The highest BCUT2D eigenvalue weighted by Gasteiger charge is 2.25. The lowest BCUT2D eigenvalue weighted by Gasteiger charge is -2.27. The fraction of sp³-hybridized carbons (Fsp3) is 0.529. The Hall–Kier alpha value is -1.69. The average Bonchev–Trinajstić information content (AvgIpc) is 2.58. The number of hydrogen-bond donors (Lipinski definition) is 2. The number of urea groups is 1. The second-order valence-corrected chi connectivity index (χ2v) is 6.60. The number of ether oxygens (including phenoxy) is 1. The molecule has 1 aromatic rings. The highest BCUT2D eigenvalue weighted by molar-refractivity contribution is 7.98. The lowest BCUT2D eigenvalue weighted by atomic mass is 9.88. The van der Waals surface area contributed by atoms with E-state index in [-0.39, 0.29) is 12.1 Å². The van der Waals surface area contributed by atoms with Crippen LogP contribution in [0, 0.1) is 0 Å². The number of fused-ring (bicyclic) bond motifs is 1. The minimum atomic E-state index is -0.605. The molecule has 0 fully saturated rings. The van der Waals surface area contributed by atoms with Gasteiger partial charge >= 0.3 is 12.0 Å². The number of benzene rings is 1. The summed E-state index contributed by atoms with van der Waals surface area (Å²) in [5.74, 6) is 0.380. The van der Waals surface area contributed by atoms with Gasteiger partial charge in [-0.2, -0.15) is 11.8 Å². The minimum Gasteiger partial charge on any atom is -0.467 e. The van der Waals surface area contributed by atoms with Crippen LogP contribution >= 0.6 is 11.8 Å². The summed E-state index contributed by atoms with van der Waals surface area (Å²) in [6.45, 7) is 0. The number of hydrogen-bond acceptors (Lipinski definition) is 4. The molecule has 2 N–H and O–H groups in total. The number of amides is 2. The largest absolute Gasteiger partial charge is 0.467 e. The third-order valence-electron chi connectivity index (χ3n) is 4.08. The maximum Gasteiger partial charge on any atom is 0.328 e. The molecule has 0 aliphatic heterocycles. The second kappa shape index (κ2) is 8.82. The Bertz CT molecular complexity index is 550. The van der Waals surface area contributed by atoms with Crippen LogP contribution in [0.1, 0.15) is 36.4 Å². The Kier molecular flexibility index (Phi) is 6.77. The summed E-state index contributed by atoms with van der Waals surface area (Å²) < 4.78 is 4.77. The van der Waals surface area contributed by atoms with Gasteiger partial charge in [0.2, 0.25) is 0 Å². The van der Waals surface area contributed by atoms with Crippen LogP contribution in [-0.2, 0) is 16.0 Å². The number of rotatable bonds is 6. The van der Waals surface area contributed by atoms with Crippen LogP contribution in [0.3, 0.4) is 0 Å². The topological polar surface area (TPSA) is 67.4 Å². The predicted octanol–water partition coefficient (Wildman–Crippen LogP) is 2.66. The second-order valence-electron chi connectivity index (χ2n) is 5.62. The van der Waals surface area contributed by atoms with Crippen LogP contribution < -0.4 is 10.6 Å². The lowest BCUT2D eigenvalue weighted by molar-refractivity contribution is -0.142. The van der Waals surface area contributed by atoms with Crippen molar-refractivity contribution in [1.82, 2.24) is 10.6 Å². The van der Waals surface area contributed by atoms with Gasteiger partial charge in [-0.15, -0.1) is 0 Å². The van der Waals surface area contributed by atoms with Gasteiger partial charge in [-0.05, 0) is 48.8 Å². The first kappa shape index (κ1) is 17.7. The summed E-state index contributed by atoms with van der Waals surface area (Å²) >= 11 is 1.63. The zero-order valence-corrected chi connectivity index (χ0v) is 14.4. The van der Waals surface area contributed by atoms with Gasteiger partial charge in [0.1, 0.15) is 6.04 Å². The first-order chi connectivity index (χ1) is 11.2. The van der Waals surface area contributed by atoms with Gasteiger partial charge in [-0.3, -0.25) is 0 Å². The van der Waals surface area contributed by atoms with Gasteiger partial charge < -0.3 is 15.4 Å². The third kappa shape index (κ3) is 4.89. The standard InChI is InChI=1S/C17H24N2O3S/c1-22-16(20)15(10-11-23-2)19-17(21)18-14-9-5-7-12-6-3-4-8-13(12)14/h3-4,6,8,14-15H,5,7,9-11H2,1-2H3,(H2,18,19,21)/t14?,15-/m0/s1. The molecule has 1 aliphatic carbocycles. The number of carbonyl (C=O) groups is 2. The molecule has 0 radical (unpaired) electrons. The molecule has 23 heavy (non-hydrogen) atoms. The van der Waals surface area contributed by atoms with E-state index in [9.17, 15) is 9.59 Å². The van der Waals surface area contributed by atoms with Gasteiger partial charge in [0.05, 0.1) is 13.2 Å². The first-order valence-electron chi connectivity index (χ1n) is 7.87. The van der Waals surface area contributed by atoms with E-state index >= 15 is 0 Å². The Balaban J connectivity index is 1.97. The van der Waals surface area contributed by atoms with Gasteiger partial charge in [-0.1, -0.05) is 24.3 Å². The molecule has 5 nitrogen and oxygen atoms in total. The average molecular weight is 336 g/mol. The molecule has 2 rings (SSSR count). The molecule has 0 aromatic heterocycles. The molecule has 0 saturated heterocycles. The van der Waals surface area contributed by atoms with Crippen molar-refractivity contribution in [3.8, 4) is 0 Å². The van der Waals surface area contributed by atoms with Crippen LogP contribution in [0.15, 0.2) is 24.3 Å². The normalized spacial score (nSPS) is 17.7. The van der Waals surface area contributed by atoms with Crippen molar-refractivity contribution in [2.75, 3.05) is 19.1 Å². The minimum absolute atomic E-state index is 0.00111. The maximum atomic E-state index is 12.3. The number of esters is 1. The molecule has 1 aromatic carbocycles. The molecular weight excluding hydrogens is 312 g/mol. The van der Waals surface area contributed by atoms with E-state index in [1.807, 2.05) is 18.4 Å². The number of nitrogens with one attached hydrogen (secondary N) is 2. The van der Waals surface area contributed by atoms with Crippen molar-refractivity contribution in [2.45, 2.75) is 37.8 Å². The van der Waals surface area contributed by atoms with Crippen molar-refractivity contribution >= 4 is 23.8 Å². The zero-order valence-electron chi connectivity index (χ0n) is 13.6. The fourth-order valence-corrected chi connectivity index (χ4v) is 3.36. The molecule has 2 atom stereocenters. The summed E-state index contributed by atoms with van der Waals surface area (Å²) in [6, 6.07) is 7.26. The van der Waals surface area contributed by atoms with E-state index in [0.717, 1.165) is 25.0 Å². The molecule has 0 spiro atoms. The molecule has 0 heterocycles. The summed E-state index contributed by atoms with van der Waals surface area (Å²) in [5.41, 5.74) is 2.46. The van der Waals surface area contributed by atoms with Gasteiger partial charge in [0.25, 0.3) is 0 Å². The molecule has 1 unspecified atom stereocenters. The highest BCUT2D eigenvalue weighted by Crippen LogP contribution is 2.29. The van der Waals surface area contributed by atoms with E-state index in [0.29, 0.717) is 6.42 Å². The molecule has 0 saturated carbocycles. The Labute approximate surface area is 141 Å². The van der Waals surface area contributed by atoms with Crippen molar-refractivity contribution in [1.29, 1.82) is 0 Å². The van der Waals surface area contributed by atoms with E-state index in [1.165, 1.54) is 18.2 Å². The molecule has 1 aliphatic rings. The molecule has 126 valence electrons. The van der Waals surface area contributed by atoms with Crippen LogP contribution in [-0.4, -0.2) is 37.2 Å². The highest BCUT2D eigenvalue weighted by atomic mass is 32.2. The molecule has 6 heteroatoms. The number of aryl methyl sites for hydroxylation is 1. The summed E-state index contributed by atoms with van der Waals surface area (Å²) in [4.78, 5) is 24.0. The first-order valence-corrected chi connectivity index (χ1v) is 9.26. The zero-order chi connectivity index (χ0) is 16.7. The van der Waals surface area contributed by atoms with Crippen molar-refractivity contribution in [2.24, 2.45) is 0 Å². The number of methoxy groups -OCH3 is 1. The molecule has 2 amide bonds. The maximum absolute atomic E-state index is 12.3. The third-order valence-corrected chi connectivity index (χ3v) is 4.72. The van der Waals surface area contributed by atoms with Gasteiger partial charge in [0.15, 0.2) is 0 Å². The van der Waals surface area contributed by atoms with Gasteiger partial charge in [0, 0.05) is 0 Å². The van der Waals surface area contributed by atoms with Crippen LogP contribution in [0.5, 0.6) is 0 Å². The van der Waals surface area contributed by atoms with E-state index in [4.69, 9.17) is 4.74 Å². The summed E-state index contributed by atoms with van der Waals surface area (Å²) in [6.07, 6.45) is 5.54. The monoisotopic (exact) mass is 336 g/mol. The van der Waals surface area contributed by atoms with Crippen LogP contribution in [0.2, 0.25) is 0 Å². The SMILES string of the molecule is COC(=O)[C@H](CCSC)NC(=O)NC1CCCc2ccccc21. The van der Waals surface area contributed by atoms with E-state index < -0.39 is 12.0 Å².